The Kier molecular flexibility index (Phi) is 11.2. The minimum absolute atomic E-state index is 0. The number of aliphatic imine (C=N–C) groups is 1. The Balaban J connectivity index is 0.00000420. The average molecular weight is 517 g/mol. The molecule has 2 aromatic rings. The summed E-state index contributed by atoms with van der Waals surface area (Å²) in [5.41, 5.74) is 1.04. The van der Waals surface area contributed by atoms with Crippen LogP contribution in [0.4, 0.5) is 4.39 Å². The van der Waals surface area contributed by atoms with Gasteiger partial charge >= 0.3 is 0 Å². The summed E-state index contributed by atoms with van der Waals surface area (Å²) in [5.74, 6) is 2.24. The van der Waals surface area contributed by atoms with Gasteiger partial charge in [0.05, 0.1) is 20.3 Å². The van der Waals surface area contributed by atoms with Crippen molar-refractivity contribution >= 4 is 29.9 Å². The third kappa shape index (κ3) is 8.35. The first kappa shape index (κ1) is 24.8. The predicted molar refractivity (Wildman–Crippen MR) is 124 cm³/mol. The zero-order valence-electron chi connectivity index (χ0n) is 17.2. The topological polar surface area (TPSA) is 64.1 Å². The van der Waals surface area contributed by atoms with Crippen molar-refractivity contribution < 1.29 is 18.6 Å². The molecule has 2 aromatic carbocycles. The quantitative estimate of drug-likeness (QED) is 0.300. The van der Waals surface area contributed by atoms with E-state index in [4.69, 9.17) is 14.2 Å². The number of hydrogen-bond acceptors (Lipinski definition) is 4. The molecule has 0 radical (unpaired) electrons. The fourth-order valence-corrected chi connectivity index (χ4v) is 2.56. The fraction of sp³-hybridized carbons (Fsp3) is 0.381. The maximum atomic E-state index is 13.2. The average Bonchev–Trinajstić information content (AvgIpc) is 2.68. The van der Waals surface area contributed by atoms with Crippen molar-refractivity contribution in [3.63, 3.8) is 0 Å². The zero-order valence-corrected chi connectivity index (χ0v) is 19.5. The highest BCUT2D eigenvalue weighted by atomic mass is 127. The third-order valence-corrected chi connectivity index (χ3v) is 3.90. The fourth-order valence-electron chi connectivity index (χ4n) is 2.56. The molecule has 0 fully saturated rings. The number of guanidine groups is 1. The van der Waals surface area contributed by atoms with E-state index < -0.39 is 0 Å². The van der Waals surface area contributed by atoms with Gasteiger partial charge in [0.25, 0.3) is 0 Å². The Hall–Kier alpha value is -2.23. The molecule has 2 rings (SSSR count). The normalized spacial score (nSPS) is 11.8. The second kappa shape index (κ2) is 13.1. The van der Waals surface area contributed by atoms with E-state index in [2.05, 4.69) is 15.6 Å². The van der Waals surface area contributed by atoms with Gasteiger partial charge in [-0.2, -0.15) is 0 Å². The van der Waals surface area contributed by atoms with Gasteiger partial charge in [0, 0.05) is 19.7 Å². The molecule has 0 bridgehead atoms. The number of methoxy groups -OCH3 is 1. The van der Waals surface area contributed by atoms with Crippen LogP contribution >= 0.6 is 24.0 Å². The zero-order chi connectivity index (χ0) is 20.4. The Morgan fingerprint density at radius 2 is 1.93 bits per heavy atom. The van der Waals surface area contributed by atoms with E-state index in [0.29, 0.717) is 42.9 Å². The smallest absolute Gasteiger partial charge is 0.191 e. The van der Waals surface area contributed by atoms with Crippen LogP contribution in [0.2, 0.25) is 0 Å². The lowest BCUT2D eigenvalue weighted by atomic mass is 10.2. The molecule has 0 aromatic heterocycles. The second-order valence-corrected chi connectivity index (χ2v) is 6.11. The van der Waals surface area contributed by atoms with Gasteiger partial charge in [0.15, 0.2) is 17.5 Å². The van der Waals surface area contributed by atoms with Crippen LogP contribution in [0.5, 0.6) is 17.2 Å². The van der Waals surface area contributed by atoms with Crippen LogP contribution in [0, 0.1) is 5.82 Å². The molecule has 29 heavy (non-hydrogen) atoms. The molecule has 0 aliphatic heterocycles. The van der Waals surface area contributed by atoms with Crippen molar-refractivity contribution in [2.75, 3.05) is 27.3 Å². The van der Waals surface area contributed by atoms with Crippen LogP contribution in [0.3, 0.4) is 0 Å². The Morgan fingerprint density at radius 1 is 1.14 bits per heavy atom. The number of ether oxygens (including phenoxy) is 3. The van der Waals surface area contributed by atoms with Crippen molar-refractivity contribution in [3.05, 3.63) is 53.8 Å². The summed E-state index contributed by atoms with van der Waals surface area (Å²) in [6.45, 7) is 5.50. The summed E-state index contributed by atoms with van der Waals surface area (Å²) >= 11 is 0. The number of rotatable bonds is 9. The molecule has 1 atom stereocenters. The maximum Gasteiger partial charge on any atom is 0.191 e. The molecule has 1 unspecified atom stereocenters. The summed E-state index contributed by atoms with van der Waals surface area (Å²) in [5, 5.41) is 6.45. The minimum Gasteiger partial charge on any atom is -0.493 e. The van der Waals surface area contributed by atoms with Gasteiger partial charge in [0.1, 0.15) is 17.7 Å². The van der Waals surface area contributed by atoms with Crippen LogP contribution in [0.1, 0.15) is 19.4 Å². The lowest BCUT2D eigenvalue weighted by molar-refractivity contribution is 0.223. The predicted octanol–water partition coefficient (Wildman–Crippen LogP) is 3.98. The first-order valence-electron chi connectivity index (χ1n) is 9.22. The van der Waals surface area contributed by atoms with E-state index >= 15 is 0 Å². The van der Waals surface area contributed by atoms with E-state index in [0.717, 1.165) is 5.56 Å². The van der Waals surface area contributed by atoms with E-state index in [1.807, 2.05) is 32.0 Å². The molecule has 8 heteroatoms. The molecule has 0 saturated heterocycles. The van der Waals surface area contributed by atoms with E-state index in [9.17, 15) is 4.39 Å². The number of hydrogen-bond donors (Lipinski definition) is 2. The first-order chi connectivity index (χ1) is 13.5. The molecule has 0 aliphatic rings. The summed E-state index contributed by atoms with van der Waals surface area (Å²) in [6.07, 6.45) is -0.161. The van der Waals surface area contributed by atoms with E-state index in [1.165, 1.54) is 12.1 Å². The number of benzene rings is 2. The van der Waals surface area contributed by atoms with Gasteiger partial charge in [-0.25, -0.2) is 4.39 Å². The maximum absolute atomic E-state index is 13.2. The van der Waals surface area contributed by atoms with E-state index in [1.54, 1.807) is 26.3 Å². The van der Waals surface area contributed by atoms with Gasteiger partial charge in [-0.15, -0.1) is 24.0 Å². The van der Waals surface area contributed by atoms with Crippen molar-refractivity contribution in [3.8, 4) is 17.2 Å². The highest BCUT2D eigenvalue weighted by Gasteiger charge is 2.08. The molecular weight excluding hydrogens is 488 g/mol. The molecule has 160 valence electrons. The third-order valence-electron chi connectivity index (χ3n) is 3.90. The lowest BCUT2D eigenvalue weighted by Crippen LogP contribution is -2.41. The van der Waals surface area contributed by atoms with Gasteiger partial charge in [-0.1, -0.05) is 12.1 Å². The SMILES string of the molecule is CCOc1cc(CNC(=NC)NCC(C)Oc2cccc(F)c2)ccc1OC.I. The van der Waals surface area contributed by atoms with Crippen LogP contribution in [-0.2, 0) is 6.54 Å². The van der Waals surface area contributed by atoms with Crippen LogP contribution in [-0.4, -0.2) is 39.4 Å². The molecule has 0 aliphatic carbocycles. The largest absolute Gasteiger partial charge is 0.493 e. The van der Waals surface area contributed by atoms with Crippen molar-refractivity contribution in [1.82, 2.24) is 10.6 Å². The highest BCUT2D eigenvalue weighted by Crippen LogP contribution is 2.27. The van der Waals surface area contributed by atoms with Crippen molar-refractivity contribution in [2.24, 2.45) is 4.99 Å². The summed E-state index contributed by atoms with van der Waals surface area (Å²) < 4.78 is 29.8. The van der Waals surface area contributed by atoms with Crippen LogP contribution in [0.15, 0.2) is 47.5 Å². The van der Waals surface area contributed by atoms with Gasteiger partial charge in [-0.3, -0.25) is 4.99 Å². The lowest BCUT2D eigenvalue weighted by Gasteiger charge is -2.18. The first-order valence-corrected chi connectivity index (χ1v) is 9.22. The van der Waals surface area contributed by atoms with Crippen LogP contribution < -0.4 is 24.8 Å². The van der Waals surface area contributed by atoms with Crippen molar-refractivity contribution in [2.45, 2.75) is 26.5 Å². The van der Waals surface area contributed by atoms with Crippen molar-refractivity contribution in [1.29, 1.82) is 0 Å². The molecule has 0 saturated carbocycles. The Morgan fingerprint density at radius 3 is 2.59 bits per heavy atom. The Bertz CT molecular complexity index is 790. The Labute approximate surface area is 188 Å². The second-order valence-electron chi connectivity index (χ2n) is 6.11. The number of nitrogens with one attached hydrogen (secondary N) is 2. The molecule has 6 nitrogen and oxygen atoms in total. The molecule has 2 N–H and O–H groups in total. The van der Waals surface area contributed by atoms with Gasteiger partial charge in [0.2, 0.25) is 0 Å². The summed E-state index contributed by atoms with van der Waals surface area (Å²) in [6, 6.07) is 11.9. The monoisotopic (exact) mass is 517 g/mol. The van der Waals surface area contributed by atoms with E-state index in [-0.39, 0.29) is 35.9 Å². The molecule has 0 amide bonds. The standard InChI is InChI=1S/C21H28FN3O3.HI/c1-5-27-20-11-16(9-10-19(20)26-4)14-25-21(23-3)24-13-15(2)28-18-8-6-7-17(22)12-18;/h6-12,15H,5,13-14H2,1-4H3,(H2,23,24,25);1H. The summed E-state index contributed by atoms with van der Waals surface area (Å²) in [4.78, 5) is 4.21. The minimum atomic E-state index is -0.318. The summed E-state index contributed by atoms with van der Waals surface area (Å²) in [7, 11) is 3.32. The number of halogens is 2. The molecular formula is C21H29FIN3O3. The highest BCUT2D eigenvalue weighted by molar-refractivity contribution is 14.0. The number of nitrogens with zero attached hydrogens (tertiary/aromatic N) is 1. The van der Waals surface area contributed by atoms with Gasteiger partial charge < -0.3 is 24.8 Å². The van der Waals surface area contributed by atoms with Gasteiger partial charge in [-0.05, 0) is 43.7 Å². The molecule has 0 spiro atoms. The van der Waals surface area contributed by atoms with Crippen LogP contribution in [0.25, 0.3) is 0 Å². The molecule has 0 heterocycles.